The molecule has 3 rings (SSSR count). The second kappa shape index (κ2) is 5.80. The minimum atomic E-state index is -0.476. The van der Waals surface area contributed by atoms with Crippen molar-refractivity contribution >= 4 is 22.4 Å². The average Bonchev–Trinajstić information content (AvgIpc) is 2.90. The molecule has 0 amide bonds. The molecule has 0 aliphatic carbocycles. The third-order valence-corrected chi connectivity index (χ3v) is 3.40. The third kappa shape index (κ3) is 2.73. The Morgan fingerprint density at radius 2 is 2.23 bits per heavy atom. The van der Waals surface area contributed by atoms with Gasteiger partial charge in [-0.15, -0.1) is 0 Å². The predicted molar refractivity (Wildman–Crippen MR) is 81.3 cm³/mol. The van der Waals surface area contributed by atoms with E-state index in [2.05, 4.69) is 15.3 Å². The number of hydrogen-bond donors (Lipinski definition) is 2. The highest BCUT2D eigenvalue weighted by atomic mass is 19.1. The third-order valence-electron chi connectivity index (χ3n) is 3.40. The molecule has 6 nitrogen and oxygen atoms in total. The van der Waals surface area contributed by atoms with Crippen LogP contribution in [0.1, 0.15) is 5.56 Å². The summed E-state index contributed by atoms with van der Waals surface area (Å²) >= 11 is 0. The lowest BCUT2D eigenvalue weighted by atomic mass is 10.1. The average molecular weight is 300 g/mol. The molecule has 0 spiro atoms. The van der Waals surface area contributed by atoms with Crippen molar-refractivity contribution in [2.24, 2.45) is 0 Å². The molecule has 2 heterocycles. The second-order valence-electron chi connectivity index (χ2n) is 4.81. The number of pyridine rings is 1. The normalized spacial score (nSPS) is 10.8. The van der Waals surface area contributed by atoms with Crippen LogP contribution < -0.4 is 5.32 Å². The zero-order chi connectivity index (χ0) is 15.5. The summed E-state index contributed by atoms with van der Waals surface area (Å²) in [6.07, 6.45) is 3.91. The molecule has 2 N–H and O–H groups in total. The van der Waals surface area contributed by atoms with E-state index in [0.29, 0.717) is 13.0 Å². The summed E-state index contributed by atoms with van der Waals surface area (Å²) in [6.45, 7) is 0.460. The van der Waals surface area contributed by atoms with E-state index < -0.39 is 4.92 Å². The number of H-pyrrole nitrogens is 1. The van der Waals surface area contributed by atoms with Crippen LogP contribution in [0.3, 0.4) is 0 Å². The first-order valence-corrected chi connectivity index (χ1v) is 6.74. The van der Waals surface area contributed by atoms with Gasteiger partial charge in [0.2, 0.25) is 5.82 Å². The molecule has 0 bridgehead atoms. The first kappa shape index (κ1) is 14.0. The van der Waals surface area contributed by atoms with Crippen LogP contribution in [0.15, 0.2) is 42.7 Å². The fraction of sp³-hybridized carbons (Fsp3) is 0.133. The van der Waals surface area contributed by atoms with Gasteiger partial charge in [-0.25, -0.2) is 9.37 Å². The van der Waals surface area contributed by atoms with Crippen LogP contribution >= 0.6 is 0 Å². The number of halogens is 1. The molecule has 112 valence electrons. The summed E-state index contributed by atoms with van der Waals surface area (Å²) in [7, 11) is 0. The van der Waals surface area contributed by atoms with Crippen LogP contribution in [0.4, 0.5) is 15.9 Å². The number of anilines is 1. The van der Waals surface area contributed by atoms with Crippen LogP contribution in [0.25, 0.3) is 10.9 Å². The van der Waals surface area contributed by atoms with Gasteiger partial charge in [-0.05, 0) is 36.2 Å². The topological polar surface area (TPSA) is 83.8 Å². The van der Waals surface area contributed by atoms with Crippen LogP contribution in [0.5, 0.6) is 0 Å². The van der Waals surface area contributed by atoms with Gasteiger partial charge in [-0.3, -0.25) is 10.1 Å². The lowest BCUT2D eigenvalue weighted by Crippen LogP contribution is -2.08. The minimum absolute atomic E-state index is 0.0625. The molecule has 22 heavy (non-hydrogen) atoms. The van der Waals surface area contributed by atoms with Crippen molar-refractivity contribution < 1.29 is 9.31 Å². The number of nitro groups is 1. The molecular formula is C15H13FN4O2. The SMILES string of the molecule is O=[N+]([O-])c1cccnc1NCCc1c[nH]c2ccc(F)cc12. The Morgan fingerprint density at radius 3 is 3.05 bits per heavy atom. The lowest BCUT2D eigenvalue weighted by Gasteiger charge is -2.05. The van der Waals surface area contributed by atoms with E-state index in [1.54, 1.807) is 6.07 Å². The van der Waals surface area contributed by atoms with Gasteiger partial charge in [0.05, 0.1) is 4.92 Å². The Morgan fingerprint density at radius 1 is 1.36 bits per heavy atom. The molecule has 2 aromatic heterocycles. The smallest absolute Gasteiger partial charge is 0.311 e. The molecule has 0 saturated heterocycles. The molecule has 3 aromatic rings. The van der Waals surface area contributed by atoms with E-state index in [9.17, 15) is 14.5 Å². The number of nitrogens with one attached hydrogen (secondary N) is 2. The standard InChI is InChI=1S/C15H13FN4O2/c16-11-3-4-13-12(8-11)10(9-19-13)5-7-18-15-14(20(21)22)2-1-6-17-15/h1-4,6,8-9,19H,5,7H2,(H,17,18). The highest BCUT2D eigenvalue weighted by Gasteiger charge is 2.13. The Kier molecular flexibility index (Phi) is 3.69. The van der Waals surface area contributed by atoms with Crippen LogP contribution in [-0.4, -0.2) is 21.4 Å². The largest absolute Gasteiger partial charge is 0.364 e. The van der Waals surface area contributed by atoms with E-state index >= 15 is 0 Å². The van der Waals surface area contributed by atoms with Crippen molar-refractivity contribution in [1.82, 2.24) is 9.97 Å². The van der Waals surface area contributed by atoms with E-state index in [4.69, 9.17) is 0 Å². The second-order valence-corrected chi connectivity index (χ2v) is 4.81. The molecule has 0 fully saturated rings. The van der Waals surface area contributed by atoms with E-state index in [-0.39, 0.29) is 17.3 Å². The Labute approximate surface area is 125 Å². The first-order valence-electron chi connectivity index (χ1n) is 6.74. The predicted octanol–water partition coefficient (Wildman–Crippen LogP) is 3.26. The maximum Gasteiger partial charge on any atom is 0.311 e. The molecule has 0 atom stereocenters. The van der Waals surface area contributed by atoms with Gasteiger partial charge in [0.25, 0.3) is 0 Å². The van der Waals surface area contributed by atoms with Crippen molar-refractivity contribution in [3.8, 4) is 0 Å². The van der Waals surface area contributed by atoms with E-state index in [1.807, 2.05) is 6.20 Å². The molecule has 0 saturated carbocycles. The number of fused-ring (bicyclic) bond motifs is 1. The molecule has 0 radical (unpaired) electrons. The monoisotopic (exact) mass is 300 g/mol. The summed E-state index contributed by atoms with van der Waals surface area (Å²) in [6, 6.07) is 7.48. The summed E-state index contributed by atoms with van der Waals surface area (Å²) in [4.78, 5) is 17.5. The number of aromatic amines is 1. The zero-order valence-electron chi connectivity index (χ0n) is 11.5. The Bertz CT molecular complexity index is 831. The molecule has 1 aromatic carbocycles. The van der Waals surface area contributed by atoms with Gasteiger partial charge in [0.1, 0.15) is 5.82 Å². The number of nitrogens with zero attached hydrogens (tertiary/aromatic N) is 2. The fourth-order valence-corrected chi connectivity index (χ4v) is 2.35. The van der Waals surface area contributed by atoms with Crippen LogP contribution in [0.2, 0.25) is 0 Å². The Balaban J connectivity index is 1.73. The van der Waals surface area contributed by atoms with Gasteiger partial charge in [-0.2, -0.15) is 0 Å². The molecule has 0 aliphatic heterocycles. The Hall–Kier alpha value is -2.96. The van der Waals surface area contributed by atoms with Crippen LogP contribution in [0, 0.1) is 15.9 Å². The van der Waals surface area contributed by atoms with Crippen molar-refractivity contribution in [1.29, 1.82) is 0 Å². The maximum absolute atomic E-state index is 13.3. The van der Waals surface area contributed by atoms with Gasteiger partial charge in [0, 0.05) is 35.9 Å². The quantitative estimate of drug-likeness (QED) is 0.559. The molecular weight excluding hydrogens is 287 g/mol. The molecule has 0 aliphatic rings. The van der Waals surface area contributed by atoms with E-state index in [0.717, 1.165) is 16.5 Å². The fourth-order valence-electron chi connectivity index (χ4n) is 2.35. The minimum Gasteiger partial charge on any atom is -0.364 e. The van der Waals surface area contributed by atoms with Crippen LogP contribution in [-0.2, 0) is 6.42 Å². The van der Waals surface area contributed by atoms with Crippen molar-refractivity contribution in [2.45, 2.75) is 6.42 Å². The van der Waals surface area contributed by atoms with Gasteiger partial charge < -0.3 is 10.3 Å². The summed E-state index contributed by atoms with van der Waals surface area (Å²) < 4.78 is 13.3. The number of hydrogen-bond acceptors (Lipinski definition) is 4. The highest BCUT2D eigenvalue weighted by Crippen LogP contribution is 2.22. The first-order chi connectivity index (χ1) is 10.6. The van der Waals surface area contributed by atoms with Gasteiger partial charge in [0.15, 0.2) is 0 Å². The van der Waals surface area contributed by atoms with Crippen molar-refractivity contribution in [3.05, 3.63) is 64.2 Å². The molecule has 7 heteroatoms. The summed E-state index contributed by atoms with van der Waals surface area (Å²) in [5.74, 6) is -0.0554. The summed E-state index contributed by atoms with van der Waals surface area (Å²) in [5.41, 5.74) is 1.74. The number of benzene rings is 1. The lowest BCUT2D eigenvalue weighted by molar-refractivity contribution is -0.384. The van der Waals surface area contributed by atoms with Gasteiger partial charge in [-0.1, -0.05) is 0 Å². The molecule has 0 unspecified atom stereocenters. The maximum atomic E-state index is 13.3. The number of rotatable bonds is 5. The van der Waals surface area contributed by atoms with Gasteiger partial charge >= 0.3 is 5.69 Å². The van der Waals surface area contributed by atoms with Crippen molar-refractivity contribution in [3.63, 3.8) is 0 Å². The summed E-state index contributed by atoms with van der Waals surface area (Å²) in [5, 5.41) is 14.7. The number of aromatic nitrogens is 2. The van der Waals surface area contributed by atoms with E-state index in [1.165, 1.54) is 30.5 Å². The highest BCUT2D eigenvalue weighted by molar-refractivity contribution is 5.83. The zero-order valence-corrected chi connectivity index (χ0v) is 11.5. The van der Waals surface area contributed by atoms with Crippen molar-refractivity contribution in [2.75, 3.05) is 11.9 Å².